The minimum absolute atomic E-state index is 0.183. The van der Waals surface area contributed by atoms with Gasteiger partial charge in [0.1, 0.15) is 0 Å². The summed E-state index contributed by atoms with van der Waals surface area (Å²) in [5.41, 5.74) is 2.87. The van der Waals surface area contributed by atoms with Gasteiger partial charge in [-0.05, 0) is 25.3 Å². The van der Waals surface area contributed by atoms with Crippen LogP contribution in [0.1, 0.15) is 36.8 Å². The number of hydrogen-bond acceptors (Lipinski definition) is 2. The van der Waals surface area contributed by atoms with Crippen molar-refractivity contribution in [2.45, 2.75) is 38.0 Å². The van der Waals surface area contributed by atoms with E-state index < -0.39 is 0 Å². The summed E-state index contributed by atoms with van der Waals surface area (Å²) >= 11 is 0. The molecule has 2 nitrogen and oxygen atoms in total. The maximum atomic E-state index is 5.26. The summed E-state index contributed by atoms with van der Waals surface area (Å²) in [5.74, 6) is 5.26. The Morgan fingerprint density at radius 2 is 1.80 bits per heavy atom. The predicted molar refractivity (Wildman–Crippen MR) is 61.5 cm³/mol. The van der Waals surface area contributed by atoms with E-state index in [1.807, 2.05) is 0 Å². The average Bonchev–Trinajstić information content (AvgIpc) is 2.69. The summed E-state index contributed by atoms with van der Waals surface area (Å²) in [6.07, 6.45) is 4.98. The largest absolute Gasteiger partial charge is 0.304 e. The van der Waals surface area contributed by atoms with Crippen LogP contribution in [-0.2, 0) is 10.3 Å². The molecule has 0 heterocycles. The van der Waals surface area contributed by atoms with Crippen molar-refractivity contribution in [3.05, 3.63) is 35.4 Å². The molecule has 1 aromatic rings. The first-order chi connectivity index (χ1) is 7.27. The molecule has 0 saturated heterocycles. The molecule has 1 aliphatic carbocycles. The van der Waals surface area contributed by atoms with E-state index >= 15 is 0 Å². The SMILES string of the molecule is Cc1ccc(C2(CON)CCCC2)cc1. The van der Waals surface area contributed by atoms with E-state index in [0.29, 0.717) is 6.61 Å². The first-order valence-electron chi connectivity index (χ1n) is 5.66. The van der Waals surface area contributed by atoms with E-state index in [0.717, 1.165) is 0 Å². The van der Waals surface area contributed by atoms with Gasteiger partial charge in [0.25, 0.3) is 0 Å². The highest BCUT2D eigenvalue weighted by Gasteiger charge is 2.35. The third-order valence-corrected chi connectivity index (χ3v) is 3.58. The number of benzene rings is 1. The van der Waals surface area contributed by atoms with Crippen molar-refractivity contribution in [2.75, 3.05) is 6.61 Å². The molecule has 15 heavy (non-hydrogen) atoms. The van der Waals surface area contributed by atoms with E-state index in [1.165, 1.54) is 36.8 Å². The van der Waals surface area contributed by atoms with Gasteiger partial charge in [-0.1, -0.05) is 42.7 Å². The van der Waals surface area contributed by atoms with Crippen molar-refractivity contribution in [2.24, 2.45) is 5.90 Å². The van der Waals surface area contributed by atoms with Crippen LogP contribution in [0.5, 0.6) is 0 Å². The number of rotatable bonds is 3. The molecule has 0 spiro atoms. The molecule has 1 aliphatic rings. The highest BCUT2D eigenvalue weighted by atomic mass is 16.6. The van der Waals surface area contributed by atoms with Crippen LogP contribution >= 0.6 is 0 Å². The monoisotopic (exact) mass is 205 g/mol. The number of nitrogens with two attached hydrogens (primary N) is 1. The predicted octanol–water partition coefficient (Wildman–Crippen LogP) is 2.70. The molecular formula is C13H19NO. The molecule has 0 unspecified atom stereocenters. The molecule has 1 fully saturated rings. The summed E-state index contributed by atoms with van der Waals surface area (Å²) in [6.45, 7) is 2.76. The zero-order chi connectivity index (χ0) is 10.7. The Morgan fingerprint density at radius 3 is 2.33 bits per heavy atom. The van der Waals surface area contributed by atoms with Crippen LogP contribution in [0.15, 0.2) is 24.3 Å². The van der Waals surface area contributed by atoms with Crippen LogP contribution in [0.2, 0.25) is 0 Å². The first-order valence-corrected chi connectivity index (χ1v) is 5.66. The standard InChI is InChI=1S/C13H19NO/c1-11-4-6-12(7-5-11)13(10-15-14)8-2-3-9-13/h4-7H,2-3,8-10,14H2,1H3. The Morgan fingerprint density at radius 1 is 1.20 bits per heavy atom. The van der Waals surface area contributed by atoms with Gasteiger partial charge >= 0.3 is 0 Å². The Kier molecular flexibility index (Phi) is 3.08. The second kappa shape index (κ2) is 4.33. The third-order valence-electron chi connectivity index (χ3n) is 3.58. The Balaban J connectivity index is 2.28. The number of hydrogen-bond donors (Lipinski definition) is 1. The molecule has 1 aromatic carbocycles. The van der Waals surface area contributed by atoms with E-state index in [2.05, 4.69) is 31.2 Å². The van der Waals surface area contributed by atoms with Crippen LogP contribution in [0.25, 0.3) is 0 Å². The fraction of sp³-hybridized carbons (Fsp3) is 0.538. The van der Waals surface area contributed by atoms with Gasteiger partial charge < -0.3 is 4.84 Å². The van der Waals surface area contributed by atoms with Gasteiger partial charge in [-0.3, -0.25) is 0 Å². The maximum absolute atomic E-state index is 5.26. The van der Waals surface area contributed by atoms with Crippen molar-refractivity contribution in [1.29, 1.82) is 0 Å². The summed E-state index contributed by atoms with van der Waals surface area (Å²) in [5, 5.41) is 0. The first kappa shape index (κ1) is 10.7. The Bertz CT molecular complexity index is 312. The fourth-order valence-electron chi connectivity index (χ4n) is 2.63. The van der Waals surface area contributed by atoms with Crippen molar-refractivity contribution in [1.82, 2.24) is 0 Å². The molecule has 0 amide bonds. The normalized spacial score (nSPS) is 19.3. The topological polar surface area (TPSA) is 35.2 Å². The summed E-state index contributed by atoms with van der Waals surface area (Å²) < 4.78 is 0. The molecule has 0 atom stereocenters. The highest BCUT2D eigenvalue weighted by molar-refractivity contribution is 5.29. The maximum Gasteiger partial charge on any atom is 0.0775 e. The van der Waals surface area contributed by atoms with Gasteiger partial charge in [0.05, 0.1) is 6.61 Å². The smallest absolute Gasteiger partial charge is 0.0775 e. The zero-order valence-electron chi connectivity index (χ0n) is 9.33. The zero-order valence-corrected chi connectivity index (χ0v) is 9.33. The van der Waals surface area contributed by atoms with E-state index in [-0.39, 0.29) is 5.41 Å². The van der Waals surface area contributed by atoms with Gasteiger partial charge in [0.2, 0.25) is 0 Å². The summed E-state index contributed by atoms with van der Waals surface area (Å²) in [6, 6.07) is 8.79. The molecule has 82 valence electrons. The molecule has 0 bridgehead atoms. The summed E-state index contributed by atoms with van der Waals surface area (Å²) in [4.78, 5) is 4.91. The van der Waals surface area contributed by atoms with Gasteiger partial charge in [0, 0.05) is 5.41 Å². The summed E-state index contributed by atoms with van der Waals surface area (Å²) in [7, 11) is 0. The molecular weight excluding hydrogens is 186 g/mol. The van der Waals surface area contributed by atoms with Gasteiger partial charge in [-0.25, -0.2) is 5.90 Å². The van der Waals surface area contributed by atoms with Crippen molar-refractivity contribution in [3.63, 3.8) is 0 Å². The van der Waals surface area contributed by atoms with Gasteiger partial charge in [-0.2, -0.15) is 0 Å². The quantitative estimate of drug-likeness (QED) is 0.770. The molecule has 0 aliphatic heterocycles. The third kappa shape index (κ3) is 2.06. The minimum Gasteiger partial charge on any atom is -0.304 e. The van der Waals surface area contributed by atoms with Crippen molar-refractivity contribution < 1.29 is 4.84 Å². The minimum atomic E-state index is 0.183. The van der Waals surface area contributed by atoms with Gasteiger partial charge in [0.15, 0.2) is 0 Å². The van der Waals surface area contributed by atoms with Crippen LogP contribution in [-0.4, -0.2) is 6.61 Å². The van der Waals surface area contributed by atoms with Gasteiger partial charge in [-0.15, -0.1) is 0 Å². The lowest BCUT2D eigenvalue weighted by molar-refractivity contribution is 0.0849. The fourth-order valence-corrected chi connectivity index (χ4v) is 2.63. The van der Waals surface area contributed by atoms with Crippen molar-refractivity contribution in [3.8, 4) is 0 Å². The Hall–Kier alpha value is -0.860. The number of aryl methyl sites for hydroxylation is 1. The van der Waals surface area contributed by atoms with Crippen LogP contribution in [0.3, 0.4) is 0 Å². The lowest BCUT2D eigenvalue weighted by atomic mass is 9.79. The second-order valence-corrected chi connectivity index (χ2v) is 4.66. The molecule has 2 N–H and O–H groups in total. The molecule has 2 heteroatoms. The lowest BCUT2D eigenvalue weighted by Crippen LogP contribution is -2.30. The van der Waals surface area contributed by atoms with Crippen LogP contribution < -0.4 is 5.90 Å². The van der Waals surface area contributed by atoms with E-state index in [9.17, 15) is 0 Å². The average molecular weight is 205 g/mol. The lowest BCUT2D eigenvalue weighted by Gasteiger charge is -2.28. The van der Waals surface area contributed by atoms with E-state index in [1.54, 1.807) is 0 Å². The highest BCUT2D eigenvalue weighted by Crippen LogP contribution is 2.41. The molecule has 0 aromatic heterocycles. The molecule has 0 radical (unpaired) electrons. The van der Waals surface area contributed by atoms with Crippen LogP contribution in [0, 0.1) is 6.92 Å². The Labute approximate surface area is 91.4 Å². The second-order valence-electron chi connectivity index (χ2n) is 4.66. The van der Waals surface area contributed by atoms with E-state index in [4.69, 9.17) is 10.7 Å². The van der Waals surface area contributed by atoms with Crippen molar-refractivity contribution >= 4 is 0 Å². The molecule has 1 saturated carbocycles. The molecule has 2 rings (SSSR count). The van der Waals surface area contributed by atoms with Crippen LogP contribution in [0.4, 0.5) is 0 Å².